The van der Waals surface area contributed by atoms with Gasteiger partial charge in [0.05, 0.1) is 12.2 Å². The summed E-state index contributed by atoms with van der Waals surface area (Å²) >= 11 is 0. The van der Waals surface area contributed by atoms with Crippen molar-refractivity contribution in [2.45, 2.75) is 52.2 Å². The van der Waals surface area contributed by atoms with E-state index in [2.05, 4.69) is 27.4 Å². The standard InChI is InChI=1S/C15H26O2/c1-8(2)11-7-10(4)13-12(16)6-5-9(3)14(13)15(11)17/h8,10-17H,3,5-7H2,1-2,4H3/t10-,11?,12?,13?,14?,15?/m0/s1. The van der Waals surface area contributed by atoms with E-state index < -0.39 is 0 Å². The van der Waals surface area contributed by atoms with Gasteiger partial charge < -0.3 is 10.2 Å². The van der Waals surface area contributed by atoms with Crippen LogP contribution in [0.15, 0.2) is 12.2 Å². The molecule has 0 amide bonds. The first-order chi connectivity index (χ1) is 7.93. The highest BCUT2D eigenvalue weighted by Crippen LogP contribution is 2.49. The fraction of sp³-hybridized carbons (Fsp3) is 0.867. The topological polar surface area (TPSA) is 40.5 Å². The molecule has 2 N–H and O–H groups in total. The van der Waals surface area contributed by atoms with Gasteiger partial charge in [0, 0.05) is 5.92 Å². The van der Waals surface area contributed by atoms with E-state index >= 15 is 0 Å². The summed E-state index contributed by atoms with van der Waals surface area (Å²) in [4.78, 5) is 0. The summed E-state index contributed by atoms with van der Waals surface area (Å²) in [7, 11) is 0. The van der Waals surface area contributed by atoms with Gasteiger partial charge in [-0.15, -0.1) is 0 Å². The van der Waals surface area contributed by atoms with Gasteiger partial charge in [-0.1, -0.05) is 32.9 Å². The van der Waals surface area contributed by atoms with Gasteiger partial charge in [-0.3, -0.25) is 0 Å². The minimum atomic E-state index is -0.307. The van der Waals surface area contributed by atoms with Crippen LogP contribution in [0.3, 0.4) is 0 Å². The van der Waals surface area contributed by atoms with E-state index in [1.54, 1.807) is 0 Å². The first-order valence-electron chi connectivity index (χ1n) is 6.97. The fourth-order valence-corrected chi connectivity index (χ4v) is 4.06. The predicted molar refractivity (Wildman–Crippen MR) is 69.5 cm³/mol. The summed E-state index contributed by atoms with van der Waals surface area (Å²) < 4.78 is 0. The quantitative estimate of drug-likeness (QED) is 0.689. The lowest BCUT2D eigenvalue weighted by Crippen LogP contribution is -2.51. The molecule has 0 radical (unpaired) electrons. The molecule has 2 heteroatoms. The lowest BCUT2D eigenvalue weighted by atomic mass is 9.57. The van der Waals surface area contributed by atoms with Crippen molar-refractivity contribution in [3.8, 4) is 0 Å². The van der Waals surface area contributed by atoms with Gasteiger partial charge in [0.15, 0.2) is 0 Å². The molecule has 2 aliphatic rings. The molecule has 17 heavy (non-hydrogen) atoms. The van der Waals surface area contributed by atoms with Crippen molar-refractivity contribution in [2.24, 2.45) is 29.6 Å². The number of rotatable bonds is 1. The van der Waals surface area contributed by atoms with Crippen LogP contribution in [-0.4, -0.2) is 22.4 Å². The number of hydrogen-bond donors (Lipinski definition) is 2. The highest BCUT2D eigenvalue weighted by atomic mass is 16.3. The molecule has 2 rings (SSSR count). The third kappa shape index (κ3) is 2.17. The zero-order valence-electron chi connectivity index (χ0n) is 11.3. The van der Waals surface area contributed by atoms with Crippen LogP contribution in [-0.2, 0) is 0 Å². The summed E-state index contributed by atoms with van der Waals surface area (Å²) in [5, 5.41) is 20.8. The summed E-state index contributed by atoms with van der Waals surface area (Å²) in [5.41, 5.74) is 1.16. The molecular weight excluding hydrogens is 212 g/mol. The summed E-state index contributed by atoms with van der Waals surface area (Å²) in [6, 6.07) is 0. The van der Waals surface area contributed by atoms with Crippen molar-refractivity contribution in [1.29, 1.82) is 0 Å². The lowest BCUT2D eigenvalue weighted by Gasteiger charge is -2.50. The van der Waals surface area contributed by atoms with Crippen LogP contribution in [0.2, 0.25) is 0 Å². The maximum atomic E-state index is 10.6. The Hall–Kier alpha value is -0.340. The Balaban J connectivity index is 2.26. The normalized spacial score (nSPS) is 47.1. The van der Waals surface area contributed by atoms with Crippen LogP contribution < -0.4 is 0 Å². The first-order valence-corrected chi connectivity index (χ1v) is 6.97. The van der Waals surface area contributed by atoms with Gasteiger partial charge >= 0.3 is 0 Å². The summed E-state index contributed by atoms with van der Waals surface area (Å²) in [6.45, 7) is 10.7. The highest BCUT2D eigenvalue weighted by Gasteiger charge is 2.48. The molecule has 0 bridgehead atoms. The Morgan fingerprint density at radius 1 is 1.29 bits per heavy atom. The average molecular weight is 238 g/mol. The van der Waals surface area contributed by atoms with Gasteiger partial charge in [0.1, 0.15) is 0 Å². The van der Waals surface area contributed by atoms with E-state index in [-0.39, 0.29) is 24.0 Å². The second kappa shape index (κ2) is 4.74. The number of aliphatic hydroxyl groups excluding tert-OH is 2. The van der Waals surface area contributed by atoms with Crippen molar-refractivity contribution in [3.05, 3.63) is 12.2 Å². The Kier molecular flexibility index (Phi) is 3.65. The molecule has 0 aromatic rings. The molecule has 0 spiro atoms. The molecule has 0 aromatic carbocycles. The summed E-state index contributed by atoms with van der Waals surface area (Å²) in [5.74, 6) is 1.69. The van der Waals surface area contributed by atoms with Crippen LogP contribution >= 0.6 is 0 Å². The Morgan fingerprint density at radius 3 is 2.53 bits per heavy atom. The number of hydrogen-bond acceptors (Lipinski definition) is 2. The molecule has 2 nitrogen and oxygen atoms in total. The van der Waals surface area contributed by atoms with E-state index in [0.29, 0.717) is 17.8 Å². The molecule has 0 aliphatic heterocycles. The second-order valence-electron chi connectivity index (χ2n) is 6.48. The lowest BCUT2D eigenvalue weighted by molar-refractivity contribution is -0.0927. The van der Waals surface area contributed by atoms with Crippen LogP contribution in [0.5, 0.6) is 0 Å². The van der Waals surface area contributed by atoms with Crippen LogP contribution in [0.4, 0.5) is 0 Å². The molecule has 2 aliphatic carbocycles. The van der Waals surface area contributed by atoms with Crippen LogP contribution in [0, 0.1) is 29.6 Å². The first kappa shape index (κ1) is 13.1. The maximum absolute atomic E-state index is 10.6. The fourth-order valence-electron chi connectivity index (χ4n) is 4.06. The smallest absolute Gasteiger partial charge is 0.0639 e. The molecule has 5 unspecified atom stereocenters. The van der Waals surface area contributed by atoms with Crippen molar-refractivity contribution in [2.75, 3.05) is 0 Å². The molecule has 0 aromatic heterocycles. The van der Waals surface area contributed by atoms with Gasteiger partial charge in [-0.25, -0.2) is 0 Å². The molecule has 0 heterocycles. The van der Waals surface area contributed by atoms with Crippen molar-refractivity contribution in [3.63, 3.8) is 0 Å². The van der Waals surface area contributed by atoms with E-state index in [4.69, 9.17) is 0 Å². The number of fused-ring (bicyclic) bond motifs is 1. The molecular formula is C15H26O2. The van der Waals surface area contributed by atoms with E-state index in [1.165, 1.54) is 0 Å². The van der Waals surface area contributed by atoms with Crippen molar-refractivity contribution < 1.29 is 10.2 Å². The van der Waals surface area contributed by atoms with Gasteiger partial charge in [-0.05, 0) is 42.9 Å². The zero-order valence-corrected chi connectivity index (χ0v) is 11.3. The number of aliphatic hydroxyl groups is 2. The maximum Gasteiger partial charge on any atom is 0.0639 e. The summed E-state index contributed by atoms with van der Waals surface area (Å²) in [6.07, 6.45) is 2.17. The predicted octanol–water partition coefficient (Wildman–Crippen LogP) is 2.60. The monoisotopic (exact) mass is 238 g/mol. The van der Waals surface area contributed by atoms with Crippen molar-refractivity contribution >= 4 is 0 Å². The average Bonchev–Trinajstić information content (AvgIpc) is 2.26. The largest absolute Gasteiger partial charge is 0.393 e. The molecule has 6 atom stereocenters. The van der Waals surface area contributed by atoms with E-state index in [9.17, 15) is 10.2 Å². The molecule has 2 fully saturated rings. The minimum absolute atomic E-state index is 0.120. The van der Waals surface area contributed by atoms with Crippen molar-refractivity contribution in [1.82, 2.24) is 0 Å². The Labute approximate surface area is 105 Å². The highest BCUT2D eigenvalue weighted by molar-refractivity contribution is 5.14. The van der Waals surface area contributed by atoms with Gasteiger partial charge in [-0.2, -0.15) is 0 Å². The molecule has 2 saturated carbocycles. The van der Waals surface area contributed by atoms with E-state index in [0.717, 1.165) is 24.8 Å². The second-order valence-corrected chi connectivity index (χ2v) is 6.48. The van der Waals surface area contributed by atoms with E-state index in [1.807, 2.05) is 0 Å². The Morgan fingerprint density at radius 2 is 1.94 bits per heavy atom. The van der Waals surface area contributed by atoms with Gasteiger partial charge in [0.25, 0.3) is 0 Å². The van der Waals surface area contributed by atoms with Crippen LogP contribution in [0.1, 0.15) is 40.0 Å². The third-order valence-electron chi connectivity index (χ3n) is 5.06. The van der Waals surface area contributed by atoms with Crippen LogP contribution in [0.25, 0.3) is 0 Å². The third-order valence-corrected chi connectivity index (χ3v) is 5.06. The Bertz CT molecular complexity index is 297. The molecule has 0 saturated heterocycles. The minimum Gasteiger partial charge on any atom is -0.393 e. The zero-order chi connectivity index (χ0) is 12.7. The SMILES string of the molecule is C=C1CCC(O)C2C1C(O)C(C(C)C)C[C@@H]2C. The van der Waals surface area contributed by atoms with Gasteiger partial charge in [0.2, 0.25) is 0 Å². The molecule has 98 valence electrons.